The highest BCUT2D eigenvalue weighted by Gasteiger charge is 2.31. The van der Waals surface area contributed by atoms with Crippen molar-refractivity contribution in [2.75, 3.05) is 32.1 Å². The zero-order valence-electron chi connectivity index (χ0n) is 14.6. The van der Waals surface area contributed by atoms with Crippen LogP contribution >= 0.6 is 0 Å². The second-order valence-corrected chi connectivity index (χ2v) is 7.14. The topological polar surface area (TPSA) is 52.7 Å². The van der Waals surface area contributed by atoms with E-state index in [0.29, 0.717) is 11.5 Å². The number of amides is 2. The lowest BCUT2D eigenvalue weighted by molar-refractivity contribution is -0.139. The predicted octanol–water partition coefficient (Wildman–Crippen LogP) is 2.27. The highest BCUT2D eigenvalue weighted by Crippen LogP contribution is 2.29. The molecular formula is C19H27N3O2. The Balaban J connectivity index is 1.48. The first-order valence-electron chi connectivity index (χ1n) is 8.91. The Morgan fingerprint density at radius 3 is 2.17 bits per heavy atom. The maximum atomic E-state index is 12.4. The molecular weight excluding hydrogens is 302 g/mol. The highest BCUT2D eigenvalue weighted by atomic mass is 16.2. The fraction of sp³-hybridized carbons (Fsp3) is 0.579. The molecule has 1 saturated carbocycles. The van der Waals surface area contributed by atoms with Crippen LogP contribution < -0.4 is 10.2 Å². The van der Waals surface area contributed by atoms with Crippen LogP contribution in [-0.4, -0.2) is 49.9 Å². The number of piperidine rings is 1. The first-order chi connectivity index (χ1) is 11.5. The monoisotopic (exact) mass is 329 g/mol. The molecule has 1 heterocycles. The lowest BCUT2D eigenvalue weighted by Gasteiger charge is -2.36. The molecule has 5 nitrogen and oxygen atoms in total. The normalized spacial score (nSPS) is 18.8. The van der Waals surface area contributed by atoms with Crippen LogP contribution in [0.5, 0.6) is 0 Å². The molecule has 0 bridgehead atoms. The molecule has 1 aromatic carbocycles. The minimum absolute atomic E-state index is 0.0240. The van der Waals surface area contributed by atoms with Crippen LogP contribution in [-0.2, 0) is 4.79 Å². The Kier molecular flexibility index (Phi) is 5.07. The van der Waals surface area contributed by atoms with E-state index >= 15 is 0 Å². The van der Waals surface area contributed by atoms with Gasteiger partial charge in [0.25, 0.3) is 5.91 Å². The minimum Gasteiger partial charge on any atom is -0.378 e. The summed E-state index contributed by atoms with van der Waals surface area (Å²) in [6.07, 6.45) is 4.99. The van der Waals surface area contributed by atoms with Gasteiger partial charge in [-0.25, -0.2) is 0 Å². The number of carbonyl (C=O) groups excluding carboxylic acids is 2. The number of anilines is 1. The molecule has 5 heteroatoms. The van der Waals surface area contributed by atoms with Gasteiger partial charge in [0.05, 0.1) is 0 Å². The van der Waals surface area contributed by atoms with Crippen LogP contribution in [0.3, 0.4) is 0 Å². The number of benzene rings is 1. The maximum Gasteiger partial charge on any atom is 0.251 e. The van der Waals surface area contributed by atoms with E-state index in [-0.39, 0.29) is 17.9 Å². The molecule has 1 aliphatic heterocycles. The van der Waals surface area contributed by atoms with E-state index in [0.717, 1.165) is 44.5 Å². The van der Waals surface area contributed by atoms with Crippen molar-refractivity contribution in [1.82, 2.24) is 10.2 Å². The van der Waals surface area contributed by atoms with Crippen molar-refractivity contribution < 1.29 is 9.59 Å². The van der Waals surface area contributed by atoms with E-state index in [1.165, 1.54) is 6.42 Å². The molecule has 3 rings (SSSR count). The quantitative estimate of drug-likeness (QED) is 0.922. The third-order valence-corrected chi connectivity index (χ3v) is 5.24. The number of hydrogen-bond donors (Lipinski definition) is 1. The van der Waals surface area contributed by atoms with Gasteiger partial charge in [0.1, 0.15) is 0 Å². The number of nitrogens with one attached hydrogen (secondary N) is 1. The van der Waals surface area contributed by atoms with E-state index in [9.17, 15) is 9.59 Å². The number of likely N-dealkylation sites (tertiary alicyclic amines) is 1. The van der Waals surface area contributed by atoms with Gasteiger partial charge in [-0.2, -0.15) is 0 Å². The summed E-state index contributed by atoms with van der Waals surface area (Å²) in [5, 5.41) is 3.11. The van der Waals surface area contributed by atoms with Crippen molar-refractivity contribution in [3.05, 3.63) is 29.8 Å². The molecule has 0 aromatic heterocycles. The fourth-order valence-electron chi connectivity index (χ4n) is 3.34. The van der Waals surface area contributed by atoms with Crippen molar-refractivity contribution in [1.29, 1.82) is 0 Å². The molecule has 1 aromatic rings. The molecule has 130 valence electrons. The summed E-state index contributed by atoms with van der Waals surface area (Å²) in [4.78, 5) is 28.6. The molecule has 2 aliphatic rings. The highest BCUT2D eigenvalue weighted by molar-refractivity contribution is 5.94. The van der Waals surface area contributed by atoms with Crippen molar-refractivity contribution in [2.24, 2.45) is 5.92 Å². The van der Waals surface area contributed by atoms with Crippen molar-refractivity contribution >= 4 is 17.5 Å². The van der Waals surface area contributed by atoms with Gasteiger partial charge in [-0.1, -0.05) is 6.42 Å². The zero-order valence-corrected chi connectivity index (χ0v) is 14.6. The average Bonchev–Trinajstić information content (AvgIpc) is 2.54. The second kappa shape index (κ2) is 7.24. The Bertz CT molecular complexity index is 585. The number of rotatable bonds is 4. The Morgan fingerprint density at radius 2 is 1.67 bits per heavy atom. The summed E-state index contributed by atoms with van der Waals surface area (Å²) >= 11 is 0. The van der Waals surface area contributed by atoms with Gasteiger partial charge in [-0.05, 0) is 49.9 Å². The molecule has 0 unspecified atom stereocenters. The van der Waals surface area contributed by atoms with Crippen LogP contribution in [0.15, 0.2) is 24.3 Å². The molecule has 24 heavy (non-hydrogen) atoms. The Morgan fingerprint density at radius 1 is 1.04 bits per heavy atom. The van der Waals surface area contributed by atoms with Crippen molar-refractivity contribution in [3.63, 3.8) is 0 Å². The molecule has 1 N–H and O–H groups in total. The third kappa shape index (κ3) is 3.71. The molecule has 2 amide bonds. The summed E-state index contributed by atoms with van der Waals surface area (Å²) in [7, 11) is 3.96. The summed E-state index contributed by atoms with van der Waals surface area (Å²) in [5.74, 6) is 0.570. The Labute approximate surface area is 144 Å². The van der Waals surface area contributed by atoms with Gasteiger partial charge in [0, 0.05) is 50.4 Å². The van der Waals surface area contributed by atoms with Crippen molar-refractivity contribution in [3.8, 4) is 0 Å². The summed E-state index contributed by atoms with van der Waals surface area (Å²) in [6, 6.07) is 7.79. The van der Waals surface area contributed by atoms with E-state index in [4.69, 9.17) is 0 Å². The number of hydrogen-bond acceptors (Lipinski definition) is 3. The lowest BCUT2D eigenvalue weighted by Crippen LogP contribution is -2.48. The molecule has 0 radical (unpaired) electrons. The predicted molar refractivity (Wildman–Crippen MR) is 95.2 cm³/mol. The molecule has 1 saturated heterocycles. The fourth-order valence-corrected chi connectivity index (χ4v) is 3.34. The van der Waals surface area contributed by atoms with Gasteiger partial charge in [-0.3, -0.25) is 9.59 Å². The standard InChI is InChI=1S/C19H27N3O2/c1-21(2)17-8-6-14(7-9-17)18(23)20-16-10-12-22(13-11-16)19(24)15-4-3-5-15/h6-9,15-16H,3-5,10-13H2,1-2H3,(H,20,23). The van der Waals surface area contributed by atoms with Crippen LogP contribution in [0.4, 0.5) is 5.69 Å². The van der Waals surface area contributed by atoms with E-state index in [1.807, 2.05) is 48.2 Å². The third-order valence-electron chi connectivity index (χ3n) is 5.24. The van der Waals surface area contributed by atoms with Gasteiger partial charge >= 0.3 is 0 Å². The zero-order chi connectivity index (χ0) is 17.1. The van der Waals surface area contributed by atoms with E-state index in [1.54, 1.807) is 0 Å². The molecule has 0 atom stereocenters. The SMILES string of the molecule is CN(C)c1ccc(C(=O)NC2CCN(C(=O)C3CCC3)CC2)cc1. The van der Waals surface area contributed by atoms with Crippen LogP contribution in [0.2, 0.25) is 0 Å². The van der Waals surface area contributed by atoms with Crippen molar-refractivity contribution in [2.45, 2.75) is 38.1 Å². The second-order valence-electron chi connectivity index (χ2n) is 7.14. The molecule has 1 aliphatic carbocycles. The van der Waals surface area contributed by atoms with Gasteiger partial charge in [-0.15, -0.1) is 0 Å². The van der Waals surface area contributed by atoms with Crippen LogP contribution in [0, 0.1) is 5.92 Å². The first-order valence-corrected chi connectivity index (χ1v) is 8.91. The summed E-state index contributed by atoms with van der Waals surface area (Å²) in [5.41, 5.74) is 1.77. The van der Waals surface area contributed by atoms with Crippen LogP contribution in [0.1, 0.15) is 42.5 Å². The molecule has 0 spiro atoms. The summed E-state index contributed by atoms with van der Waals surface area (Å²) in [6.45, 7) is 1.53. The van der Waals surface area contributed by atoms with E-state index in [2.05, 4.69) is 5.32 Å². The summed E-state index contributed by atoms with van der Waals surface area (Å²) < 4.78 is 0. The minimum atomic E-state index is -0.0240. The van der Waals surface area contributed by atoms with Gasteiger partial charge in [0.15, 0.2) is 0 Å². The van der Waals surface area contributed by atoms with Gasteiger partial charge in [0.2, 0.25) is 5.91 Å². The first kappa shape index (κ1) is 16.8. The lowest BCUT2D eigenvalue weighted by atomic mass is 9.84. The number of nitrogens with zero attached hydrogens (tertiary/aromatic N) is 2. The van der Waals surface area contributed by atoms with Crippen LogP contribution in [0.25, 0.3) is 0 Å². The van der Waals surface area contributed by atoms with E-state index < -0.39 is 0 Å². The Hall–Kier alpha value is -2.04. The average molecular weight is 329 g/mol. The van der Waals surface area contributed by atoms with Gasteiger partial charge < -0.3 is 15.1 Å². The molecule has 2 fully saturated rings. The smallest absolute Gasteiger partial charge is 0.251 e. The maximum absolute atomic E-state index is 12.4. The largest absolute Gasteiger partial charge is 0.378 e. The number of carbonyl (C=O) groups is 2.